The first-order chi connectivity index (χ1) is 10.8. The molecule has 2 aromatic rings. The van der Waals surface area contributed by atoms with E-state index in [2.05, 4.69) is 36.3 Å². The van der Waals surface area contributed by atoms with Crippen LogP contribution in [0, 0.1) is 0 Å². The van der Waals surface area contributed by atoms with Crippen LogP contribution < -0.4 is 10.1 Å². The van der Waals surface area contributed by atoms with E-state index in [9.17, 15) is 4.79 Å². The van der Waals surface area contributed by atoms with Gasteiger partial charge < -0.3 is 4.74 Å². The molecular weight excluding hydrogens is 310 g/mol. The van der Waals surface area contributed by atoms with Gasteiger partial charge in [0.15, 0.2) is 6.10 Å². The van der Waals surface area contributed by atoms with E-state index in [1.165, 1.54) is 16.9 Å². The standard InChI is InChI=1S/C17H23N3O2S/c1-6-14-19-20-16(23-14)18-15(21)11(2)22-13-9-7-12(8-10-13)17(3,4)5/h7-11H,6H2,1-5H3,(H,18,20,21). The molecule has 0 fully saturated rings. The minimum absolute atomic E-state index is 0.0936. The largest absolute Gasteiger partial charge is 0.481 e. The predicted octanol–water partition coefficient (Wildman–Crippen LogP) is 3.80. The van der Waals surface area contributed by atoms with Crippen molar-refractivity contribution in [1.29, 1.82) is 0 Å². The van der Waals surface area contributed by atoms with Crippen LogP contribution >= 0.6 is 11.3 Å². The van der Waals surface area contributed by atoms with E-state index in [0.717, 1.165) is 11.4 Å². The van der Waals surface area contributed by atoms with E-state index in [1.54, 1.807) is 6.92 Å². The number of carbonyl (C=O) groups is 1. The van der Waals surface area contributed by atoms with Crippen molar-refractivity contribution in [3.8, 4) is 5.75 Å². The smallest absolute Gasteiger partial charge is 0.266 e. The average Bonchev–Trinajstić information content (AvgIpc) is 2.94. The van der Waals surface area contributed by atoms with Crippen molar-refractivity contribution in [2.24, 2.45) is 0 Å². The number of amides is 1. The fourth-order valence-electron chi connectivity index (χ4n) is 1.95. The summed E-state index contributed by atoms with van der Waals surface area (Å²) in [6.07, 6.45) is 0.198. The van der Waals surface area contributed by atoms with Crippen LogP contribution in [0.1, 0.15) is 45.2 Å². The second-order valence-corrected chi connectivity index (χ2v) is 7.44. The number of nitrogens with zero attached hydrogens (tertiary/aromatic N) is 2. The van der Waals surface area contributed by atoms with Crippen molar-refractivity contribution in [3.63, 3.8) is 0 Å². The zero-order valence-electron chi connectivity index (χ0n) is 14.2. The van der Waals surface area contributed by atoms with E-state index in [-0.39, 0.29) is 11.3 Å². The molecule has 1 N–H and O–H groups in total. The van der Waals surface area contributed by atoms with Gasteiger partial charge in [0, 0.05) is 0 Å². The molecule has 1 aromatic carbocycles. The van der Waals surface area contributed by atoms with Crippen LogP contribution in [0.2, 0.25) is 0 Å². The van der Waals surface area contributed by atoms with Crippen molar-refractivity contribution in [1.82, 2.24) is 10.2 Å². The van der Waals surface area contributed by atoms with Gasteiger partial charge in [0.05, 0.1) is 0 Å². The second kappa shape index (κ2) is 7.08. The minimum Gasteiger partial charge on any atom is -0.481 e. The summed E-state index contributed by atoms with van der Waals surface area (Å²) in [5.74, 6) is 0.441. The summed E-state index contributed by atoms with van der Waals surface area (Å²) in [7, 11) is 0. The predicted molar refractivity (Wildman–Crippen MR) is 93.1 cm³/mol. The molecule has 23 heavy (non-hydrogen) atoms. The van der Waals surface area contributed by atoms with Crippen LogP contribution in [0.5, 0.6) is 5.75 Å². The molecule has 1 unspecified atom stereocenters. The Hall–Kier alpha value is -1.95. The second-order valence-electron chi connectivity index (χ2n) is 6.38. The maximum atomic E-state index is 12.1. The molecule has 0 aliphatic heterocycles. The van der Waals surface area contributed by atoms with Gasteiger partial charge in [-0.15, -0.1) is 10.2 Å². The van der Waals surface area contributed by atoms with Crippen molar-refractivity contribution in [3.05, 3.63) is 34.8 Å². The molecular formula is C17H23N3O2S. The first-order valence-corrected chi connectivity index (χ1v) is 8.51. The fourth-order valence-corrected chi connectivity index (χ4v) is 2.63. The van der Waals surface area contributed by atoms with Crippen molar-refractivity contribution in [2.45, 2.75) is 52.6 Å². The number of nitrogens with one attached hydrogen (secondary N) is 1. The van der Waals surface area contributed by atoms with Crippen LogP contribution in [0.3, 0.4) is 0 Å². The van der Waals surface area contributed by atoms with Gasteiger partial charge in [0.25, 0.3) is 5.91 Å². The SMILES string of the molecule is CCc1nnc(NC(=O)C(C)Oc2ccc(C(C)(C)C)cc2)s1. The van der Waals surface area contributed by atoms with E-state index < -0.39 is 6.10 Å². The molecule has 1 aromatic heterocycles. The highest BCUT2D eigenvalue weighted by molar-refractivity contribution is 7.15. The molecule has 0 bridgehead atoms. The summed E-state index contributed by atoms with van der Waals surface area (Å²) in [5.41, 5.74) is 1.32. The molecule has 0 saturated carbocycles. The molecule has 5 nitrogen and oxygen atoms in total. The summed E-state index contributed by atoms with van der Waals surface area (Å²) in [4.78, 5) is 12.1. The molecule has 2 rings (SSSR count). The van der Waals surface area contributed by atoms with Crippen LogP contribution in [-0.2, 0) is 16.6 Å². The summed E-state index contributed by atoms with van der Waals surface area (Å²) in [6, 6.07) is 7.84. The Morgan fingerprint density at radius 3 is 2.43 bits per heavy atom. The summed E-state index contributed by atoms with van der Waals surface area (Å²) >= 11 is 1.38. The van der Waals surface area contributed by atoms with Gasteiger partial charge >= 0.3 is 0 Å². The molecule has 1 amide bonds. The highest BCUT2D eigenvalue weighted by Gasteiger charge is 2.18. The van der Waals surface area contributed by atoms with Gasteiger partial charge in [0.2, 0.25) is 5.13 Å². The third-order valence-corrected chi connectivity index (χ3v) is 4.38. The topological polar surface area (TPSA) is 64.1 Å². The van der Waals surface area contributed by atoms with Gasteiger partial charge in [-0.05, 0) is 36.5 Å². The Labute approximate surface area is 141 Å². The third-order valence-electron chi connectivity index (χ3n) is 3.40. The zero-order chi connectivity index (χ0) is 17.0. The molecule has 124 valence electrons. The Morgan fingerprint density at radius 1 is 1.26 bits per heavy atom. The van der Waals surface area contributed by atoms with E-state index >= 15 is 0 Å². The van der Waals surface area contributed by atoms with E-state index in [4.69, 9.17) is 4.74 Å². The number of aryl methyl sites for hydroxylation is 1. The van der Waals surface area contributed by atoms with Crippen molar-refractivity contribution >= 4 is 22.4 Å². The number of rotatable bonds is 5. The number of carbonyl (C=O) groups excluding carboxylic acids is 1. The van der Waals surface area contributed by atoms with Crippen molar-refractivity contribution < 1.29 is 9.53 Å². The normalized spacial score (nSPS) is 12.7. The number of anilines is 1. The van der Waals surface area contributed by atoms with Crippen LogP contribution in [-0.4, -0.2) is 22.2 Å². The molecule has 1 atom stereocenters. The lowest BCUT2D eigenvalue weighted by molar-refractivity contribution is -0.122. The first kappa shape index (κ1) is 17.4. The van der Waals surface area contributed by atoms with Gasteiger partial charge in [-0.1, -0.05) is 51.2 Å². The van der Waals surface area contributed by atoms with Crippen LogP contribution in [0.15, 0.2) is 24.3 Å². The van der Waals surface area contributed by atoms with E-state index in [0.29, 0.717) is 10.9 Å². The van der Waals surface area contributed by atoms with Gasteiger partial charge in [-0.2, -0.15) is 0 Å². The lowest BCUT2D eigenvalue weighted by Crippen LogP contribution is -2.30. The molecule has 0 saturated heterocycles. The summed E-state index contributed by atoms with van der Waals surface area (Å²) in [5, 5.41) is 12.0. The third kappa shape index (κ3) is 4.76. The monoisotopic (exact) mass is 333 g/mol. The highest BCUT2D eigenvalue weighted by Crippen LogP contribution is 2.24. The Bertz CT molecular complexity index is 659. The lowest BCUT2D eigenvalue weighted by Gasteiger charge is -2.20. The lowest BCUT2D eigenvalue weighted by atomic mass is 9.87. The maximum Gasteiger partial charge on any atom is 0.266 e. The number of ether oxygens (including phenoxy) is 1. The summed E-state index contributed by atoms with van der Waals surface area (Å²) in [6.45, 7) is 10.2. The van der Waals surface area contributed by atoms with Gasteiger partial charge in [-0.3, -0.25) is 10.1 Å². The highest BCUT2D eigenvalue weighted by atomic mass is 32.1. The Balaban J connectivity index is 1.95. The number of aromatic nitrogens is 2. The molecule has 6 heteroatoms. The number of hydrogen-bond acceptors (Lipinski definition) is 5. The first-order valence-electron chi connectivity index (χ1n) is 7.70. The van der Waals surface area contributed by atoms with Crippen molar-refractivity contribution in [2.75, 3.05) is 5.32 Å². The number of hydrogen-bond donors (Lipinski definition) is 1. The van der Waals surface area contributed by atoms with E-state index in [1.807, 2.05) is 31.2 Å². The zero-order valence-corrected chi connectivity index (χ0v) is 15.0. The Kier molecular flexibility index (Phi) is 5.36. The van der Waals surface area contributed by atoms with Crippen LogP contribution in [0.25, 0.3) is 0 Å². The maximum absolute atomic E-state index is 12.1. The number of benzene rings is 1. The fraction of sp³-hybridized carbons (Fsp3) is 0.471. The molecule has 0 spiro atoms. The van der Waals surface area contributed by atoms with Crippen LogP contribution in [0.4, 0.5) is 5.13 Å². The molecule has 1 heterocycles. The summed E-state index contributed by atoms with van der Waals surface area (Å²) < 4.78 is 5.69. The Morgan fingerprint density at radius 2 is 1.91 bits per heavy atom. The molecule has 0 radical (unpaired) electrons. The molecule has 0 aliphatic carbocycles. The average molecular weight is 333 g/mol. The van der Waals surface area contributed by atoms with Gasteiger partial charge in [-0.25, -0.2) is 0 Å². The minimum atomic E-state index is -0.607. The molecule has 0 aliphatic rings. The quantitative estimate of drug-likeness (QED) is 0.904. The van der Waals surface area contributed by atoms with Gasteiger partial charge in [0.1, 0.15) is 10.8 Å².